The molecule has 0 saturated carbocycles. The summed E-state index contributed by atoms with van der Waals surface area (Å²) in [6.07, 6.45) is 1.95. The predicted octanol–water partition coefficient (Wildman–Crippen LogP) is 3.00. The van der Waals surface area contributed by atoms with E-state index in [1.54, 1.807) is 7.11 Å². The Morgan fingerprint density at radius 1 is 1.05 bits per heavy atom. The van der Waals surface area contributed by atoms with Crippen LogP contribution in [0.15, 0.2) is 60.8 Å². The van der Waals surface area contributed by atoms with Crippen LogP contribution >= 0.6 is 0 Å². The van der Waals surface area contributed by atoms with Crippen LogP contribution in [0.4, 0.5) is 0 Å². The minimum absolute atomic E-state index is 0.678. The van der Waals surface area contributed by atoms with Gasteiger partial charge in [-0.1, -0.05) is 47.7 Å². The van der Waals surface area contributed by atoms with Gasteiger partial charge < -0.3 is 4.74 Å². The first kappa shape index (κ1) is 12.4. The molecule has 2 aromatic carbocycles. The van der Waals surface area contributed by atoms with Crippen LogP contribution in [0.2, 0.25) is 0 Å². The van der Waals surface area contributed by atoms with Gasteiger partial charge in [-0.05, 0) is 17.7 Å². The second kappa shape index (κ2) is 5.57. The van der Waals surface area contributed by atoms with Gasteiger partial charge in [0.2, 0.25) is 0 Å². The highest BCUT2D eigenvalue weighted by molar-refractivity contribution is 5.57. The van der Waals surface area contributed by atoms with E-state index in [0.29, 0.717) is 6.54 Å². The largest absolute Gasteiger partial charge is 0.497 e. The molecule has 20 heavy (non-hydrogen) atoms. The maximum atomic E-state index is 5.22. The highest BCUT2D eigenvalue weighted by Gasteiger charge is 2.04. The monoisotopic (exact) mass is 265 g/mol. The van der Waals surface area contributed by atoms with Gasteiger partial charge in [-0.3, -0.25) is 0 Å². The number of nitrogens with zero attached hydrogens (tertiary/aromatic N) is 3. The van der Waals surface area contributed by atoms with Gasteiger partial charge in [0, 0.05) is 5.56 Å². The van der Waals surface area contributed by atoms with Gasteiger partial charge in [0.15, 0.2) is 0 Å². The van der Waals surface area contributed by atoms with Gasteiger partial charge in [-0.25, -0.2) is 4.68 Å². The van der Waals surface area contributed by atoms with E-state index in [1.807, 2.05) is 65.5 Å². The summed E-state index contributed by atoms with van der Waals surface area (Å²) in [6.45, 7) is 0.678. The van der Waals surface area contributed by atoms with E-state index in [-0.39, 0.29) is 0 Å². The average molecular weight is 265 g/mol. The lowest BCUT2D eigenvalue weighted by Crippen LogP contribution is -2.00. The number of benzene rings is 2. The van der Waals surface area contributed by atoms with Crippen molar-refractivity contribution in [2.75, 3.05) is 7.11 Å². The number of hydrogen-bond donors (Lipinski definition) is 0. The fourth-order valence-corrected chi connectivity index (χ4v) is 2.07. The van der Waals surface area contributed by atoms with Crippen molar-refractivity contribution < 1.29 is 4.74 Å². The van der Waals surface area contributed by atoms with Crippen LogP contribution in [-0.2, 0) is 6.54 Å². The van der Waals surface area contributed by atoms with Crippen LogP contribution in [-0.4, -0.2) is 22.1 Å². The molecule has 0 fully saturated rings. The van der Waals surface area contributed by atoms with Crippen LogP contribution in [0.5, 0.6) is 5.75 Å². The molecule has 4 nitrogen and oxygen atoms in total. The summed E-state index contributed by atoms with van der Waals surface area (Å²) in [4.78, 5) is 0. The predicted molar refractivity (Wildman–Crippen MR) is 77.6 cm³/mol. The van der Waals surface area contributed by atoms with E-state index < -0.39 is 0 Å². The summed E-state index contributed by atoms with van der Waals surface area (Å²) >= 11 is 0. The molecule has 0 bridgehead atoms. The third kappa shape index (κ3) is 2.69. The van der Waals surface area contributed by atoms with E-state index in [4.69, 9.17) is 4.74 Å². The molecule has 0 saturated heterocycles. The van der Waals surface area contributed by atoms with Gasteiger partial charge in [0.1, 0.15) is 11.4 Å². The lowest BCUT2D eigenvalue weighted by atomic mass is 10.2. The number of ether oxygens (including phenoxy) is 1. The number of aromatic nitrogens is 3. The van der Waals surface area contributed by atoms with Crippen molar-refractivity contribution in [3.63, 3.8) is 0 Å². The number of methoxy groups -OCH3 is 1. The fourth-order valence-electron chi connectivity index (χ4n) is 2.07. The minimum atomic E-state index is 0.678. The Morgan fingerprint density at radius 3 is 2.70 bits per heavy atom. The first-order valence-electron chi connectivity index (χ1n) is 6.43. The maximum absolute atomic E-state index is 5.22. The molecule has 0 aliphatic heterocycles. The molecule has 1 heterocycles. The van der Waals surface area contributed by atoms with E-state index in [2.05, 4.69) is 10.3 Å². The summed E-state index contributed by atoms with van der Waals surface area (Å²) in [7, 11) is 1.67. The Morgan fingerprint density at radius 2 is 1.90 bits per heavy atom. The SMILES string of the molecule is COc1cccc(Cn2cc(-c3ccccc3)nn2)c1. The lowest BCUT2D eigenvalue weighted by molar-refractivity contribution is 0.414. The lowest BCUT2D eigenvalue weighted by Gasteiger charge is -2.03. The van der Waals surface area contributed by atoms with E-state index >= 15 is 0 Å². The van der Waals surface area contributed by atoms with Crippen molar-refractivity contribution >= 4 is 0 Å². The van der Waals surface area contributed by atoms with Crippen LogP contribution in [0.1, 0.15) is 5.56 Å². The van der Waals surface area contributed by atoms with Crippen molar-refractivity contribution in [3.05, 3.63) is 66.4 Å². The molecule has 4 heteroatoms. The second-order valence-corrected chi connectivity index (χ2v) is 4.52. The zero-order chi connectivity index (χ0) is 13.8. The summed E-state index contributed by atoms with van der Waals surface area (Å²) in [5.41, 5.74) is 3.09. The molecular weight excluding hydrogens is 250 g/mol. The van der Waals surface area contributed by atoms with Gasteiger partial charge >= 0.3 is 0 Å². The molecule has 3 aromatic rings. The van der Waals surface area contributed by atoms with Crippen LogP contribution in [0.25, 0.3) is 11.3 Å². The van der Waals surface area contributed by atoms with Crippen molar-refractivity contribution in [3.8, 4) is 17.0 Å². The van der Waals surface area contributed by atoms with Crippen LogP contribution < -0.4 is 4.74 Å². The Balaban J connectivity index is 1.80. The molecule has 1 aromatic heterocycles. The smallest absolute Gasteiger partial charge is 0.119 e. The van der Waals surface area contributed by atoms with Crippen molar-refractivity contribution in [1.82, 2.24) is 15.0 Å². The Kier molecular flexibility index (Phi) is 3.46. The standard InChI is InChI=1S/C16H15N3O/c1-20-15-9-5-6-13(10-15)11-19-12-16(17-18-19)14-7-3-2-4-8-14/h2-10,12H,11H2,1H3. The van der Waals surface area contributed by atoms with Gasteiger partial charge in [0.25, 0.3) is 0 Å². The average Bonchev–Trinajstić information content (AvgIpc) is 2.97. The molecule has 0 aliphatic rings. The zero-order valence-corrected chi connectivity index (χ0v) is 11.2. The molecule has 0 atom stereocenters. The summed E-state index contributed by atoms with van der Waals surface area (Å²) in [6, 6.07) is 18.0. The van der Waals surface area contributed by atoms with Crippen LogP contribution in [0.3, 0.4) is 0 Å². The fraction of sp³-hybridized carbons (Fsp3) is 0.125. The Labute approximate surface area is 117 Å². The maximum Gasteiger partial charge on any atom is 0.119 e. The molecule has 100 valence electrons. The third-order valence-electron chi connectivity index (χ3n) is 3.09. The molecule has 0 radical (unpaired) electrons. The van der Waals surface area contributed by atoms with Crippen LogP contribution in [0, 0.1) is 0 Å². The number of rotatable bonds is 4. The molecule has 0 N–H and O–H groups in total. The highest BCUT2D eigenvalue weighted by atomic mass is 16.5. The van der Waals surface area contributed by atoms with Crippen molar-refractivity contribution in [1.29, 1.82) is 0 Å². The zero-order valence-electron chi connectivity index (χ0n) is 11.2. The van der Waals surface area contributed by atoms with Gasteiger partial charge in [-0.15, -0.1) is 5.10 Å². The van der Waals surface area contributed by atoms with Gasteiger partial charge in [-0.2, -0.15) is 0 Å². The second-order valence-electron chi connectivity index (χ2n) is 4.52. The molecule has 0 unspecified atom stereocenters. The Hall–Kier alpha value is -2.62. The third-order valence-corrected chi connectivity index (χ3v) is 3.09. The van der Waals surface area contributed by atoms with E-state index in [0.717, 1.165) is 22.6 Å². The topological polar surface area (TPSA) is 39.9 Å². The normalized spacial score (nSPS) is 10.4. The summed E-state index contributed by atoms with van der Waals surface area (Å²) < 4.78 is 7.05. The highest BCUT2D eigenvalue weighted by Crippen LogP contribution is 2.17. The molecule has 0 aliphatic carbocycles. The first-order valence-corrected chi connectivity index (χ1v) is 6.43. The summed E-state index contributed by atoms with van der Waals surface area (Å²) in [5, 5.41) is 8.38. The quantitative estimate of drug-likeness (QED) is 0.728. The van der Waals surface area contributed by atoms with E-state index in [9.17, 15) is 0 Å². The van der Waals surface area contributed by atoms with E-state index in [1.165, 1.54) is 0 Å². The minimum Gasteiger partial charge on any atom is -0.497 e. The molecule has 0 amide bonds. The molecule has 0 spiro atoms. The molecule has 3 rings (SSSR count). The number of hydrogen-bond acceptors (Lipinski definition) is 3. The summed E-state index contributed by atoms with van der Waals surface area (Å²) in [5.74, 6) is 0.853. The first-order chi connectivity index (χ1) is 9.85. The molecular formula is C16H15N3O. The van der Waals surface area contributed by atoms with Gasteiger partial charge in [0.05, 0.1) is 19.9 Å². The van der Waals surface area contributed by atoms with Crippen molar-refractivity contribution in [2.45, 2.75) is 6.54 Å². The Bertz CT molecular complexity index is 692. The van der Waals surface area contributed by atoms with Crippen molar-refractivity contribution in [2.24, 2.45) is 0 Å².